The van der Waals surface area contributed by atoms with Crippen LogP contribution in [0.15, 0.2) is 0 Å². The summed E-state index contributed by atoms with van der Waals surface area (Å²) in [4.78, 5) is 21.6. The molecule has 1 saturated carbocycles. The number of aliphatic carboxylic acids is 2. The minimum Gasteiger partial charge on any atom is -0.481 e. The summed E-state index contributed by atoms with van der Waals surface area (Å²) >= 11 is 2.11. The van der Waals surface area contributed by atoms with E-state index in [1.807, 2.05) is 0 Å². The molecular weight excluding hydrogens is 339 g/mol. The van der Waals surface area contributed by atoms with Gasteiger partial charge < -0.3 is 15.3 Å². The molecule has 98 valence electrons. The molecule has 0 saturated heterocycles. The highest BCUT2D eigenvalue weighted by atomic mass is 127. The molecule has 5 nitrogen and oxygen atoms in total. The van der Waals surface area contributed by atoms with Gasteiger partial charge in [-0.05, 0) is 24.2 Å². The van der Waals surface area contributed by atoms with E-state index in [1.165, 1.54) is 0 Å². The summed E-state index contributed by atoms with van der Waals surface area (Å²) < 4.78 is -0.00278. The van der Waals surface area contributed by atoms with Gasteiger partial charge in [-0.2, -0.15) is 0 Å². The minimum atomic E-state index is -0.934. The molecule has 0 radical (unpaired) electrons. The zero-order chi connectivity index (χ0) is 13.2. The van der Waals surface area contributed by atoms with E-state index >= 15 is 0 Å². The molecule has 1 fully saturated rings. The van der Waals surface area contributed by atoms with Crippen molar-refractivity contribution in [2.75, 3.05) is 0 Å². The zero-order valence-electron chi connectivity index (χ0n) is 9.54. The van der Waals surface area contributed by atoms with E-state index in [9.17, 15) is 14.7 Å². The minimum absolute atomic E-state index is 0.00278. The molecule has 0 bridgehead atoms. The Morgan fingerprint density at radius 1 is 1.24 bits per heavy atom. The number of hydrogen-bond donors (Lipinski definition) is 3. The van der Waals surface area contributed by atoms with E-state index in [0.29, 0.717) is 6.42 Å². The van der Waals surface area contributed by atoms with Gasteiger partial charge in [0.15, 0.2) is 0 Å². The number of carboxylic acids is 2. The maximum Gasteiger partial charge on any atom is 0.303 e. The molecule has 1 aliphatic carbocycles. The summed E-state index contributed by atoms with van der Waals surface area (Å²) in [5.41, 5.74) is 0. The van der Waals surface area contributed by atoms with Crippen molar-refractivity contribution in [1.82, 2.24) is 0 Å². The van der Waals surface area contributed by atoms with E-state index in [4.69, 9.17) is 10.2 Å². The second-order valence-corrected chi connectivity index (χ2v) is 6.32. The van der Waals surface area contributed by atoms with Crippen molar-refractivity contribution in [1.29, 1.82) is 0 Å². The lowest BCUT2D eigenvalue weighted by Crippen LogP contribution is -2.44. The monoisotopic (exact) mass is 356 g/mol. The number of aliphatic hydroxyl groups is 1. The van der Waals surface area contributed by atoms with Crippen molar-refractivity contribution in [3.63, 3.8) is 0 Å². The molecule has 6 heteroatoms. The van der Waals surface area contributed by atoms with Crippen molar-refractivity contribution >= 4 is 34.5 Å². The van der Waals surface area contributed by atoms with Crippen molar-refractivity contribution in [3.8, 4) is 0 Å². The molecule has 1 rings (SSSR count). The highest BCUT2D eigenvalue weighted by molar-refractivity contribution is 14.1. The number of carbonyl (C=O) groups is 2. The second-order valence-electron chi connectivity index (χ2n) is 4.72. The smallest absolute Gasteiger partial charge is 0.303 e. The van der Waals surface area contributed by atoms with Crippen LogP contribution in [-0.4, -0.2) is 37.3 Å². The van der Waals surface area contributed by atoms with Crippen LogP contribution in [0, 0.1) is 17.8 Å². The van der Waals surface area contributed by atoms with Crippen LogP contribution >= 0.6 is 22.6 Å². The van der Waals surface area contributed by atoms with Gasteiger partial charge in [0.25, 0.3) is 0 Å². The van der Waals surface area contributed by atoms with E-state index in [0.717, 1.165) is 0 Å². The molecule has 3 N–H and O–H groups in total. The molecule has 0 spiro atoms. The quantitative estimate of drug-likeness (QED) is 0.523. The van der Waals surface area contributed by atoms with Crippen LogP contribution in [0.5, 0.6) is 0 Å². The highest BCUT2D eigenvalue weighted by Crippen LogP contribution is 2.41. The van der Waals surface area contributed by atoms with Crippen molar-refractivity contribution in [3.05, 3.63) is 0 Å². The third kappa shape index (κ3) is 3.80. The van der Waals surface area contributed by atoms with Gasteiger partial charge in [-0.1, -0.05) is 29.5 Å². The first-order valence-corrected chi connectivity index (χ1v) is 6.83. The fraction of sp³-hybridized carbons (Fsp3) is 0.818. The van der Waals surface area contributed by atoms with Crippen LogP contribution in [-0.2, 0) is 9.59 Å². The lowest BCUT2D eigenvalue weighted by molar-refractivity contribution is -0.144. The van der Waals surface area contributed by atoms with Crippen molar-refractivity contribution < 1.29 is 24.9 Å². The summed E-state index contributed by atoms with van der Waals surface area (Å²) in [6.45, 7) is 1.80. The first kappa shape index (κ1) is 14.7. The van der Waals surface area contributed by atoms with Crippen LogP contribution in [0.25, 0.3) is 0 Å². The van der Waals surface area contributed by atoms with E-state index in [2.05, 4.69) is 22.6 Å². The van der Waals surface area contributed by atoms with E-state index < -0.39 is 18.0 Å². The Morgan fingerprint density at radius 2 is 1.76 bits per heavy atom. The number of alkyl halides is 1. The number of halogens is 1. The lowest BCUT2D eigenvalue weighted by atomic mass is 9.68. The predicted octanol–water partition coefficient (Wildman–Crippen LogP) is 1.37. The summed E-state index contributed by atoms with van der Waals surface area (Å²) in [7, 11) is 0. The largest absolute Gasteiger partial charge is 0.481 e. The molecule has 1 aliphatic rings. The molecule has 0 aromatic carbocycles. The molecule has 0 unspecified atom stereocenters. The SMILES string of the molecule is C[C@H]1[C@@H](O)[C@H](I)C[C@@H](CC(=O)O)[C@H]1CC(=O)O. The normalized spacial score (nSPS) is 37.7. The summed E-state index contributed by atoms with van der Waals surface area (Å²) in [6, 6.07) is 0. The number of hydrogen-bond acceptors (Lipinski definition) is 3. The lowest BCUT2D eigenvalue weighted by Gasteiger charge is -2.41. The Balaban J connectivity index is 2.82. The predicted molar refractivity (Wildman–Crippen MR) is 69.1 cm³/mol. The third-order valence-corrected chi connectivity index (χ3v) is 4.81. The van der Waals surface area contributed by atoms with E-state index in [-0.39, 0.29) is 34.5 Å². The van der Waals surface area contributed by atoms with Gasteiger partial charge in [0.1, 0.15) is 0 Å². The van der Waals surface area contributed by atoms with Gasteiger partial charge >= 0.3 is 11.9 Å². The topological polar surface area (TPSA) is 94.8 Å². The van der Waals surface area contributed by atoms with Gasteiger partial charge in [-0.15, -0.1) is 0 Å². The maximum absolute atomic E-state index is 10.8. The summed E-state index contributed by atoms with van der Waals surface area (Å²) in [5.74, 6) is -2.44. The summed E-state index contributed by atoms with van der Waals surface area (Å²) in [6.07, 6.45) is -0.0744. The fourth-order valence-corrected chi connectivity index (χ4v) is 3.94. The average molecular weight is 356 g/mol. The zero-order valence-corrected chi connectivity index (χ0v) is 11.7. The van der Waals surface area contributed by atoms with E-state index in [1.54, 1.807) is 6.92 Å². The number of aliphatic hydroxyl groups excluding tert-OH is 1. The third-order valence-electron chi connectivity index (χ3n) is 3.57. The molecule has 0 heterocycles. The fourth-order valence-electron chi connectivity index (χ4n) is 2.63. The van der Waals surface area contributed by atoms with Crippen molar-refractivity contribution in [2.24, 2.45) is 17.8 Å². The Hall–Kier alpha value is -0.370. The van der Waals surface area contributed by atoms with Gasteiger partial charge in [0.2, 0.25) is 0 Å². The van der Waals surface area contributed by atoms with Crippen LogP contribution in [0.3, 0.4) is 0 Å². The van der Waals surface area contributed by atoms with Gasteiger partial charge in [-0.25, -0.2) is 0 Å². The Morgan fingerprint density at radius 3 is 2.24 bits per heavy atom. The standard InChI is InChI=1S/C11H17IO5/c1-5-7(4-10(15)16)6(3-9(13)14)2-8(12)11(5)17/h5-8,11,17H,2-4H2,1H3,(H,13,14)(H,15,16)/t5-,6+,7+,8-,11-/m1/s1. The summed E-state index contributed by atoms with van der Waals surface area (Å²) in [5, 5.41) is 27.6. The number of carboxylic acid groups (broad SMARTS) is 2. The van der Waals surface area contributed by atoms with Gasteiger partial charge in [0.05, 0.1) is 6.10 Å². The first-order chi connectivity index (χ1) is 7.82. The van der Waals surface area contributed by atoms with Crippen LogP contribution in [0.1, 0.15) is 26.2 Å². The molecule has 0 aliphatic heterocycles. The molecular formula is C11H17IO5. The molecule has 0 amide bonds. The molecule has 0 aromatic rings. The van der Waals surface area contributed by atoms with Crippen molar-refractivity contribution in [2.45, 2.75) is 36.2 Å². The second kappa shape index (κ2) is 5.99. The highest BCUT2D eigenvalue weighted by Gasteiger charge is 2.42. The van der Waals surface area contributed by atoms with Crippen LogP contribution in [0.4, 0.5) is 0 Å². The Kier molecular flexibility index (Phi) is 5.18. The first-order valence-electron chi connectivity index (χ1n) is 5.58. The van der Waals surface area contributed by atoms with Crippen LogP contribution < -0.4 is 0 Å². The maximum atomic E-state index is 10.8. The molecule has 5 atom stereocenters. The Bertz CT molecular complexity index is 306. The molecule has 17 heavy (non-hydrogen) atoms. The van der Waals surface area contributed by atoms with Gasteiger partial charge in [0, 0.05) is 16.8 Å². The number of rotatable bonds is 4. The van der Waals surface area contributed by atoms with Gasteiger partial charge in [-0.3, -0.25) is 9.59 Å². The molecule has 0 aromatic heterocycles. The average Bonchev–Trinajstić information content (AvgIpc) is 2.20. The van der Waals surface area contributed by atoms with Crippen LogP contribution in [0.2, 0.25) is 0 Å². The Labute approximate surface area is 113 Å².